The Hall–Kier alpha value is -3.05. The molecule has 1 saturated heterocycles. The molecule has 0 spiro atoms. The number of ketones is 1. The van der Waals surface area contributed by atoms with Crippen molar-refractivity contribution in [3.05, 3.63) is 96.1 Å². The standard InChI is InChI=1S/C23H19NO3S/c25-21(17-7-3-1-4-8-17)15-27-20-13-11-18(12-14-20)23-24(22(26)16-28-23)19-9-5-2-6-10-19/h1-14,23H,15-16H2. The van der Waals surface area contributed by atoms with Crippen molar-refractivity contribution < 1.29 is 14.3 Å². The van der Waals surface area contributed by atoms with Crippen LogP contribution in [0.3, 0.4) is 0 Å². The summed E-state index contributed by atoms with van der Waals surface area (Å²) in [6.45, 7) is -0.00380. The summed E-state index contributed by atoms with van der Waals surface area (Å²) < 4.78 is 5.64. The number of anilines is 1. The van der Waals surface area contributed by atoms with Crippen LogP contribution in [0.5, 0.6) is 5.75 Å². The summed E-state index contributed by atoms with van der Waals surface area (Å²) in [5, 5.41) is -0.0603. The molecule has 4 nitrogen and oxygen atoms in total. The van der Waals surface area contributed by atoms with Crippen LogP contribution in [0.15, 0.2) is 84.9 Å². The smallest absolute Gasteiger partial charge is 0.238 e. The number of rotatable bonds is 6. The van der Waals surface area contributed by atoms with E-state index in [1.54, 1.807) is 23.9 Å². The van der Waals surface area contributed by atoms with Crippen LogP contribution in [-0.2, 0) is 4.79 Å². The molecule has 1 unspecified atom stereocenters. The summed E-state index contributed by atoms with van der Waals surface area (Å²) >= 11 is 1.61. The van der Waals surface area contributed by atoms with Gasteiger partial charge >= 0.3 is 0 Å². The number of ether oxygens (including phenoxy) is 1. The Kier molecular flexibility index (Phi) is 5.44. The Morgan fingerprint density at radius 1 is 0.929 bits per heavy atom. The van der Waals surface area contributed by atoms with Crippen LogP contribution in [0.4, 0.5) is 5.69 Å². The second-order valence-corrected chi connectivity index (χ2v) is 7.48. The van der Waals surface area contributed by atoms with E-state index in [9.17, 15) is 9.59 Å². The summed E-state index contributed by atoms with van der Waals surface area (Å²) in [4.78, 5) is 26.4. The van der Waals surface area contributed by atoms with Crippen LogP contribution in [0.1, 0.15) is 21.3 Å². The zero-order valence-electron chi connectivity index (χ0n) is 15.2. The molecule has 1 heterocycles. The SMILES string of the molecule is O=C(COc1ccc(C2SCC(=O)N2c2ccccc2)cc1)c1ccccc1. The highest BCUT2D eigenvalue weighted by atomic mass is 32.2. The van der Waals surface area contributed by atoms with Gasteiger partial charge in [0.1, 0.15) is 11.1 Å². The van der Waals surface area contributed by atoms with Gasteiger partial charge in [-0.3, -0.25) is 14.5 Å². The van der Waals surface area contributed by atoms with Crippen molar-refractivity contribution in [2.24, 2.45) is 0 Å². The Labute approximate surface area is 168 Å². The molecule has 5 heteroatoms. The largest absolute Gasteiger partial charge is 0.485 e. The minimum Gasteiger partial charge on any atom is -0.485 e. The van der Waals surface area contributed by atoms with Gasteiger partial charge in [0, 0.05) is 11.3 Å². The molecule has 0 N–H and O–H groups in total. The van der Waals surface area contributed by atoms with Crippen molar-refractivity contribution in [1.29, 1.82) is 0 Å². The molecule has 0 aliphatic carbocycles. The lowest BCUT2D eigenvalue weighted by molar-refractivity contribution is -0.115. The lowest BCUT2D eigenvalue weighted by atomic mass is 10.1. The highest BCUT2D eigenvalue weighted by Crippen LogP contribution is 2.41. The molecule has 140 valence electrons. The van der Waals surface area contributed by atoms with Crippen molar-refractivity contribution in [3.8, 4) is 5.75 Å². The average Bonchev–Trinajstić information content (AvgIpc) is 3.15. The molecule has 1 aliphatic heterocycles. The predicted octanol–water partition coefficient (Wildman–Crippen LogP) is 4.73. The van der Waals surface area contributed by atoms with Gasteiger partial charge < -0.3 is 4.74 Å². The zero-order chi connectivity index (χ0) is 19.3. The summed E-state index contributed by atoms with van der Waals surface area (Å²) in [7, 11) is 0. The molecule has 28 heavy (non-hydrogen) atoms. The van der Waals surface area contributed by atoms with E-state index >= 15 is 0 Å². The molecule has 1 atom stereocenters. The number of hydrogen-bond donors (Lipinski definition) is 0. The molecule has 0 bridgehead atoms. The van der Waals surface area contributed by atoms with Crippen LogP contribution < -0.4 is 9.64 Å². The van der Waals surface area contributed by atoms with Gasteiger partial charge in [-0.25, -0.2) is 0 Å². The van der Waals surface area contributed by atoms with Gasteiger partial charge in [0.25, 0.3) is 0 Å². The first kappa shape index (κ1) is 18.3. The molecular weight excluding hydrogens is 370 g/mol. The van der Waals surface area contributed by atoms with Crippen molar-refractivity contribution in [2.75, 3.05) is 17.3 Å². The normalized spacial score (nSPS) is 16.2. The topological polar surface area (TPSA) is 46.6 Å². The molecule has 3 aromatic rings. The third-order valence-electron chi connectivity index (χ3n) is 4.53. The number of carbonyl (C=O) groups is 2. The third kappa shape index (κ3) is 3.94. The summed E-state index contributed by atoms with van der Waals surface area (Å²) in [5.74, 6) is 1.14. The summed E-state index contributed by atoms with van der Waals surface area (Å²) in [5.41, 5.74) is 2.57. The number of amides is 1. The predicted molar refractivity (Wildman–Crippen MR) is 112 cm³/mol. The second kappa shape index (κ2) is 8.31. The van der Waals surface area contributed by atoms with E-state index in [1.165, 1.54) is 0 Å². The fourth-order valence-corrected chi connectivity index (χ4v) is 4.30. The number of hydrogen-bond acceptors (Lipinski definition) is 4. The second-order valence-electron chi connectivity index (χ2n) is 6.41. The van der Waals surface area contributed by atoms with E-state index in [0.717, 1.165) is 11.3 Å². The number of Topliss-reactive ketones (excluding diaryl/α,β-unsaturated/α-hetero) is 1. The van der Waals surface area contributed by atoms with E-state index in [1.807, 2.05) is 77.7 Å². The highest BCUT2D eigenvalue weighted by Gasteiger charge is 2.33. The first-order valence-corrected chi connectivity index (χ1v) is 10.1. The van der Waals surface area contributed by atoms with Gasteiger partial charge in [-0.15, -0.1) is 11.8 Å². The van der Waals surface area contributed by atoms with Crippen molar-refractivity contribution >= 4 is 29.1 Å². The number of carbonyl (C=O) groups excluding carboxylic acids is 2. The van der Waals surface area contributed by atoms with Gasteiger partial charge in [0.2, 0.25) is 5.91 Å². The first-order chi connectivity index (χ1) is 13.7. The van der Waals surface area contributed by atoms with Crippen molar-refractivity contribution in [2.45, 2.75) is 5.37 Å². The molecule has 0 saturated carbocycles. The number of para-hydroxylation sites is 1. The zero-order valence-corrected chi connectivity index (χ0v) is 16.0. The maximum atomic E-state index is 12.4. The monoisotopic (exact) mass is 389 g/mol. The Morgan fingerprint density at radius 2 is 1.57 bits per heavy atom. The van der Waals surface area contributed by atoms with Gasteiger partial charge in [0.15, 0.2) is 12.4 Å². The average molecular weight is 389 g/mol. The summed E-state index contributed by atoms with van der Waals surface area (Å²) in [6.07, 6.45) is 0. The Bertz CT molecular complexity index is 958. The highest BCUT2D eigenvalue weighted by molar-refractivity contribution is 8.00. The quantitative estimate of drug-likeness (QED) is 0.572. The Balaban J connectivity index is 1.44. The maximum Gasteiger partial charge on any atom is 0.238 e. The first-order valence-electron chi connectivity index (χ1n) is 9.02. The number of nitrogens with zero attached hydrogens (tertiary/aromatic N) is 1. The van der Waals surface area contributed by atoms with Crippen LogP contribution in [0, 0.1) is 0 Å². The van der Waals surface area contributed by atoms with Crippen molar-refractivity contribution in [1.82, 2.24) is 0 Å². The molecule has 3 aromatic carbocycles. The van der Waals surface area contributed by atoms with Crippen LogP contribution in [0.25, 0.3) is 0 Å². The third-order valence-corrected chi connectivity index (χ3v) is 5.75. The summed E-state index contributed by atoms with van der Waals surface area (Å²) in [6, 6.07) is 26.4. The van der Waals surface area contributed by atoms with E-state index in [4.69, 9.17) is 4.74 Å². The molecule has 4 rings (SSSR count). The van der Waals surface area contributed by atoms with E-state index in [2.05, 4.69) is 0 Å². The molecular formula is C23H19NO3S. The minimum atomic E-state index is -0.0603. The molecule has 1 aliphatic rings. The molecule has 0 aromatic heterocycles. The number of thioether (sulfide) groups is 1. The lowest BCUT2D eigenvalue weighted by Crippen LogP contribution is -2.27. The molecule has 0 radical (unpaired) electrons. The van der Waals surface area contributed by atoms with Gasteiger partial charge in [0.05, 0.1) is 5.75 Å². The van der Waals surface area contributed by atoms with Gasteiger partial charge in [-0.05, 0) is 29.8 Å². The van der Waals surface area contributed by atoms with E-state index in [-0.39, 0.29) is 23.7 Å². The molecule has 1 fully saturated rings. The van der Waals surface area contributed by atoms with Crippen LogP contribution in [-0.4, -0.2) is 24.1 Å². The number of benzene rings is 3. The van der Waals surface area contributed by atoms with Crippen LogP contribution in [0.2, 0.25) is 0 Å². The minimum absolute atomic E-state index is 0.00380. The maximum absolute atomic E-state index is 12.4. The van der Waals surface area contributed by atoms with Crippen molar-refractivity contribution in [3.63, 3.8) is 0 Å². The fraction of sp³-hybridized carbons (Fsp3) is 0.130. The van der Waals surface area contributed by atoms with Crippen LogP contribution >= 0.6 is 11.8 Å². The van der Waals surface area contributed by atoms with E-state index < -0.39 is 0 Å². The van der Waals surface area contributed by atoms with E-state index in [0.29, 0.717) is 17.1 Å². The van der Waals surface area contributed by atoms with Gasteiger partial charge in [-0.2, -0.15) is 0 Å². The fourth-order valence-electron chi connectivity index (χ4n) is 3.12. The van der Waals surface area contributed by atoms with Gasteiger partial charge in [-0.1, -0.05) is 60.7 Å². The lowest BCUT2D eigenvalue weighted by Gasteiger charge is -2.24. The molecule has 1 amide bonds. The Morgan fingerprint density at radius 3 is 2.25 bits per heavy atom.